The van der Waals surface area contributed by atoms with Crippen molar-refractivity contribution in [1.82, 2.24) is 4.90 Å². The van der Waals surface area contributed by atoms with E-state index in [1.807, 2.05) is 19.2 Å². The lowest BCUT2D eigenvalue weighted by atomic mass is 9.70. The first-order valence-electron chi connectivity index (χ1n) is 7.07. The van der Waals surface area contributed by atoms with E-state index in [1.165, 1.54) is 4.88 Å². The molecule has 5 heteroatoms. The molecule has 1 aliphatic rings. The maximum Gasteiger partial charge on any atom is 0.310 e. The smallest absolute Gasteiger partial charge is 0.310 e. The number of halogens is 1. The molecule has 0 saturated heterocycles. The second kappa shape index (κ2) is 6.46. The first kappa shape index (κ1) is 15.8. The molecule has 1 heterocycles. The van der Waals surface area contributed by atoms with Crippen LogP contribution in [0.5, 0.6) is 0 Å². The summed E-state index contributed by atoms with van der Waals surface area (Å²) in [5.74, 6) is -0.135. The fraction of sp³-hybridized carbons (Fsp3) is 0.667. The van der Waals surface area contributed by atoms with Gasteiger partial charge < -0.3 is 10.0 Å². The minimum atomic E-state index is -0.639. The lowest BCUT2D eigenvalue weighted by Gasteiger charge is -2.39. The predicted molar refractivity (Wildman–Crippen MR) is 83.4 cm³/mol. The second-order valence-corrected chi connectivity index (χ2v) is 7.96. The molecule has 0 spiro atoms. The molecule has 2 unspecified atom stereocenters. The van der Waals surface area contributed by atoms with Gasteiger partial charge in [0.1, 0.15) is 0 Å². The second-order valence-electron chi connectivity index (χ2n) is 6.17. The average Bonchev–Trinajstić information content (AvgIpc) is 2.74. The van der Waals surface area contributed by atoms with E-state index >= 15 is 0 Å². The standard InChI is InChI=1S/C15H22ClNO2S/c1-11-4-3-7-15(8-11,14(18)19)10-17(2)9-12-5-6-13(16)20-12/h5-6,11H,3-4,7-10H2,1-2H3,(H,18,19). The topological polar surface area (TPSA) is 40.5 Å². The highest BCUT2D eigenvalue weighted by Crippen LogP contribution is 2.40. The number of aliphatic carboxylic acids is 1. The summed E-state index contributed by atoms with van der Waals surface area (Å²) >= 11 is 7.50. The molecule has 2 rings (SSSR count). The van der Waals surface area contributed by atoms with Gasteiger partial charge in [0.2, 0.25) is 0 Å². The molecule has 1 N–H and O–H groups in total. The molecule has 112 valence electrons. The maximum absolute atomic E-state index is 11.8. The number of rotatable bonds is 5. The van der Waals surface area contributed by atoms with Crippen molar-refractivity contribution in [2.45, 2.75) is 39.2 Å². The Labute approximate surface area is 129 Å². The Hall–Kier alpha value is -0.580. The third kappa shape index (κ3) is 3.74. The van der Waals surface area contributed by atoms with Gasteiger partial charge in [0, 0.05) is 18.0 Å². The van der Waals surface area contributed by atoms with Gasteiger partial charge >= 0.3 is 5.97 Å². The van der Waals surface area contributed by atoms with Crippen LogP contribution in [0.1, 0.15) is 37.5 Å². The van der Waals surface area contributed by atoms with Crippen LogP contribution in [0.15, 0.2) is 12.1 Å². The minimum absolute atomic E-state index is 0.504. The molecular formula is C15H22ClNO2S. The molecule has 0 aliphatic heterocycles. The third-order valence-electron chi connectivity index (χ3n) is 4.17. The van der Waals surface area contributed by atoms with E-state index in [-0.39, 0.29) is 0 Å². The number of thiophene rings is 1. The Morgan fingerprint density at radius 2 is 2.35 bits per heavy atom. The van der Waals surface area contributed by atoms with Gasteiger partial charge in [0.15, 0.2) is 0 Å². The fourth-order valence-electron chi connectivity index (χ4n) is 3.34. The van der Waals surface area contributed by atoms with Gasteiger partial charge in [-0.05, 0) is 37.9 Å². The number of hydrogen-bond acceptors (Lipinski definition) is 3. The summed E-state index contributed by atoms with van der Waals surface area (Å²) < 4.78 is 0.785. The Kier molecular flexibility index (Phi) is 5.10. The number of nitrogens with zero attached hydrogens (tertiary/aromatic N) is 1. The highest BCUT2D eigenvalue weighted by atomic mass is 35.5. The number of carboxylic acids is 1. The highest BCUT2D eigenvalue weighted by molar-refractivity contribution is 7.16. The minimum Gasteiger partial charge on any atom is -0.481 e. The van der Waals surface area contributed by atoms with Crippen LogP contribution in [0, 0.1) is 11.3 Å². The van der Waals surface area contributed by atoms with E-state index < -0.39 is 11.4 Å². The summed E-state index contributed by atoms with van der Waals surface area (Å²) in [6.07, 6.45) is 3.76. The summed E-state index contributed by atoms with van der Waals surface area (Å²) in [6.45, 7) is 3.54. The third-order valence-corrected chi connectivity index (χ3v) is 5.39. The Balaban J connectivity index is 2.02. The summed E-state index contributed by atoms with van der Waals surface area (Å²) in [4.78, 5) is 15.1. The van der Waals surface area contributed by atoms with Crippen LogP contribution >= 0.6 is 22.9 Å². The molecule has 1 saturated carbocycles. The molecule has 1 fully saturated rings. The van der Waals surface area contributed by atoms with Crippen LogP contribution < -0.4 is 0 Å². The molecule has 0 aromatic carbocycles. The fourth-order valence-corrected chi connectivity index (χ4v) is 4.51. The number of carboxylic acid groups (broad SMARTS) is 1. The first-order chi connectivity index (χ1) is 9.41. The van der Waals surface area contributed by atoms with Crippen molar-refractivity contribution in [2.75, 3.05) is 13.6 Å². The summed E-state index contributed by atoms with van der Waals surface area (Å²) in [6, 6.07) is 3.91. The molecule has 1 aromatic heterocycles. The van der Waals surface area contributed by atoms with Crippen molar-refractivity contribution < 1.29 is 9.90 Å². The highest BCUT2D eigenvalue weighted by Gasteiger charge is 2.42. The van der Waals surface area contributed by atoms with Crippen LogP contribution in [0.4, 0.5) is 0 Å². The molecule has 20 heavy (non-hydrogen) atoms. The van der Waals surface area contributed by atoms with Gasteiger partial charge in [-0.3, -0.25) is 4.79 Å². The van der Waals surface area contributed by atoms with Gasteiger partial charge in [0.25, 0.3) is 0 Å². The Bertz CT molecular complexity index is 476. The lowest BCUT2D eigenvalue weighted by Crippen LogP contribution is -2.44. The van der Waals surface area contributed by atoms with Gasteiger partial charge in [-0.25, -0.2) is 0 Å². The summed E-state index contributed by atoms with van der Waals surface area (Å²) in [5, 5.41) is 9.68. The van der Waals surface area contributed by atoms with E-state index in [9.17, 15) is 9.90 Å². The summed E-state index contributed by atoms with van der Waals surface area (Å²) in [5.41, 5.74) is -0.576. The van der Waals surface area contributed by atoms with E-state index in [0.717, 1.165) is 36.6 Å². The monoisotopic (exact) mass is 315 g/mol. The van der Waals surface area contributed by atoms with E-state index in [4.69, 9.17) is 11.6 Å². The van der Waals surface area contributed by atoms with Crippen molar-refractivity contribution in [3.63, 3.8) is 0 Å². The molecular weight excluding hydrogens is 294 g/mol. The van der Waals surface area contributed by atoms with E-state index in [1.54, 1.807) is 11.3 Å². The van der Waals surface area contributed by atoms with Crippen molar-refractivity contribution in [3.8, 4) is 0 Å². The predicted octanol–water partition coefficient (Wildman–Crippen LogP) is 4.11. The molecule has 0 amide bonds. The van der Waals surface area contributed by atoms with E-state index in [0.29, 0.717) is 12.5 Å². The summed E-state index contributed by atoms with van der Waals surface area (Å²) in [7, 11) is 2.00. The normalized spacial score (nSPS) is 26.9. The number of hydrogen-bond donors (Lipinski definition) is 1. The zero-order chi connectivity index (χ0) is 14.8. The zero-order valence-corrected chi connectivity index (χ0v) is 13.6. The molecule has 1 aromatic rings. The molecule has 3 nitrogen and oxygen atoms in total. The molecule has 1 aliphatic carbocycles. The van der Waals surface area contributed by atoms with Crippen LogP contribution in [-0.4, -0.2) is 29.6 Å². The van der Waals surface area contributed by atoms with Crippen molar-refractivity contribution in [1.29, 1.82) is 0 Å². The van der Waals surface area contributed by atoms with Crippen LogP contribution in [0.25, 0.3) is 0 Å². The molecule has 0 radical (unpaired) electrons. The van der Waals surface area contributed by atoms with Crippen molar-refractivity contribution >= 4 is 28.9 Å². The average molecular weight is 316 g/mol. The maximum atomic E-state index is 11.8. The van der Waals surface area contributed by atoms with Crippen LogP contribution in [-0.2, 0) is 11.3 Å². The molecule has 0 bridgehead atoms. The SMILES string of the molecule is CC1CCCC(CN(C)Cc2ccc(Cl)s2)(C(=O)O)C1. The Morgan fingerprint density at radius 3 is 2.90 bits per heavy atom. The van der Waals surface area contributed by atoms with Gasteiger partial charge in [-0.1, -0.05) is 31.4 Å². The van der Waals surface area contributed by atoms with Gasteiger partial charge in [-0.2, -0.15) is 0 Å². The Morgan fingerprint density at radius 1 is 1.60 bits per heavy atom. The quantitative estimate of drug-likeness (QED) is 0.888. The number of carbonyl (C=O) groups is 1. The van der Waals surface area contributed by atoms with Crippen molar-refractivity contribution in [3.05, 3.63) is 21.3 Å². The van der Waals surface area contributed by atoms with Gasteiger partial charge in [-0.15, -0.1) is 11.3 Å². The van der Waals surface area contributed by atoms with E-state index in [2.05, 4.69) is 11.8 Å². The van der Waals surface area contributed by atoms with Crippen molar-refractivity contribution in [2.24, 2.45) is 11.3 Å². The van der Waals surface area contributed by atoms with Crippen LogP contribution in [0.2, 0.25) is 4.34 Å². The first-order valence-corrected chi connectivity index (χ1v) is 8.27. The zero-order valence-electron chi connectivity index (χ0n) is 12.1. The lowest BCUT2D eigenvalue weighted by molar-refractivity contribution is -0.153. The van der Waals surface area contributed by atoms with Crippen LogP contribution in [0.3, 0.4) is 0 Å². The molecule has 2 atom stereocenters. The van der Waals surface area contributed by atoms with Gasteiger partial charge in [0.05, 0.1) is 9.75 Å². The largest absolute Gasteiger partial charge is 0.481 e.